The van der Waals surface area contributed by atoms with Crippen molar-refractivity contribution in [2.75, 3.05) is 13.1 Å². The summed E-state index contributed by atoms with van der Waals surface area (Å²) in [4.78, 5) is 28.9. The van der Waals surface area contributed by atoms with Crippen molar-refractivity contribution in [2.45, 2.75) is 31.5 Å². The summed E-state index contributed by atoms with van der Waals surface area (Å²) >= 11 is 0. The van der Waals surface area contributed by atoms with Gasteiger partial charge >= 0.3 is 6.09 Å². The van der Waals surface area contributed by atoms with E-state index in [9.17, 15) is 9.59 Å². The Bertz CT molecular complexity index is 793. The third kappa shape index (κ3) is 2.94. The molecule has 1 spiro atoms. The van der Waals surface area contributed by atoms with Crippen LogP contribution >= 0.6 is 0 Å². The molecule has 134 valence electrons. The molecule has 2 amide bonds. The van der Waals surface area contributed by atoms with Gasteiger partial charge in [0, 0.05) is 13.1 Å². The zero-order chi connectivity index (χ0) is 18.0. The number of nitrogens with zero attached hydrogens (tertiary/aromatic N) is 2. The average molecular weight is 350 g/mol. The number of rotatable bonds is 4. The quantitative estimate of drug-likeness (QED) is 0.796. The fraction of sp³-hybridized carbons (Fsp3) is 0.333. The highest BCUT2D eigenvalue weighted by molar-refractivity contribution is 5.96. The molecule has 5 nitrogen and oxygen atoms in total. The van der Waals surface area contributed by atoms with Crippen molar-refractivity contribution in [1.29, 1.82) is 0 Å². The molecular formula is C21H22N2O3. The lowest BCUT2D eigenvalue weighted by Gasteiger charge is -2.50. The molecular weight excluding hydrogens is 328 g/mol. The van der Waals surface area contributed by atoms with Gasteiger partial charge in [0.25, 0.3) is 5.91 Å². The standard InChI is InChI=1S/C21H22N2O3/c24-19-21(16-22(19)14-17-8-3-1-4-9-17)12-7-13-23(21)20(25)26-15-18-10-5-2-6-11-18/h1-6,8-11H,7,12-16H2. The van der Waals surface area contributed by atoms with Crippen LogP contribution in [0.2, 0.25) is 0 Å². The highest BCUT2D eigenvalue weighted by Gasteiger charge is 2.59. The van der Waals surface area contributed by atoms with E-state index in [0.29, 0.717) is 19.6 Å². The first-order valence-electron chi connectivity index (χ1n) is 9.01. The number of amides is 2. The highest BCUT2D eigenvalue weighted by atomic mass is 16.6. The molecule has 0 aromatic heterocycles. The van der Waals surface area contributed by atoms with Gasteiger partial charge in [-0.15, -0.1) is 0 Å². The van der Waals surface area contributed by atoms with Crippen LogP contribution in [0.3, 0.4) is 0 Å². The van der Waals surface area contributed by atoms with Gasteiger partial charge in [0.05, 0.1) is 6.54 Å². The van der Waals surface area contributed by atoms with Crippen molar-refractivity contribution < 1.29 is 14.3 Å². The second kappa shape index (κ2) is 6.83. The zero-order valence-electron chi connectivity index (χ0n) is 14.6. The van der Waals surface area contributed by atoms with Crippen molar-refractivity contribution in [2.24, 2.45) is 0 Å². The normalized spacial score (nSPS) is 21.8. The average Bonchev–Trinajstić information content (AvgIpc) is 3.14. The van der Waals surface area contributed by atoms with Crippen LogP contribution in [-0.2, 0) is 22.7 Å². The molecule has 5 heteroatoms. The lowest BCUT2D eigenvalue weighted by Crippen LogP contribution is -2.72. The molecule has 0 saturated carbocycles. The van der Waals surface area contributed by atoms with E-state index in [2.05, 4.69) is 0 Å². The van der Waals surface area contributed by atoms with Crippen LogP contribution in [0.4, 0.5) is 4.79 Å². The fourth-order valence-electron chi connectivity index (χ4n) is 3.92. The SMILES string of the molecule is O=C(OCc1ccccc1)N1CCCC12CN(Cc1ccccc1)C2=O. The highest BCUT2D eigenvalue weighted by Crippen LogP contribution is 2.40. The van der Waals surface area contributed by atoms with Crippen LogP contribution in [0.5, 0.6) is 0 Å². The summed E-state index contributed by atoms with van der Waals surface area (Å²) < 4.78 is 5.46. The fourth-order valence-corrected chi connectivity index (χ4v) is 3.92. The topological polar surface area (TPSA) is 49.9 Å². The summed E-state index contributed by atoms with van der Waals surface area (Å²) in [5.41, 5.74) is 1.36. The molecule has 2 fully saturated rings. The van der Waals surface area contributed by atoms with Crippen LogP contribution in [0.25, 0.3) is 0 Å². The third-order valence-electron chi connectivity index (χ3n) is 5.27. The molecule has 4 rings (SSSR count). The van der Waals surface area contributed by atoms with Gasteiger partial charge < -0.3 is 9.64 Å². The Hall–Kier alpha value is -2.82. The van der Waals surface area contributed by atoms with Gasteiger partial charge in [-0.2, -0.15) is 0 Å². The van der Waals surface area contributed by atoms with E-state index in [4.69, 9.17) is 4.74 Å². The van der Waals surface area contributed by atoms with E-state index in [1.807, 2.05) is 65.6 Å². The maximum Gasteiger partial charge on any atom is 0.411 e. The Balaban J connectivity index is 1.39. The number of hydrogen-bond donors (Lipinski definition) is 0. The summed E-state index contributed by atoms with van der Waals surface area (Å²) in [6.07, 6.45) is 1.17. The van der Waals surface area contributed by atoms with Gasteiger partial charge in [-0.3, -0.25) is 9.69 Å². The molecule has 0 aliphatic carbocycles. The van der Waals surface area contributed by atoms with Gasteiger partial charge in [0.2, 0.25) is 0 Å². The number of benzene rings is 2. The van der Waals surface area contributed by atoms with Crippen LogP contribution in [0, 0.1) is 0 Å². The molecule has 2 aromatic carbocycles. The maximum absolute atomic E-state index is 12.9. The number of hydrogen-bond acceptors (Lipinski definition) is 3. The van der Waals surface area contributed by atoms with E-state index < -0.39 is 5.54 Å². The Morgan fingerprint density at radius 3 is 2.31 bits per heavy atom. The largest absolute Gasteiger partial charge is 0.445 e. The minimum absolute atomic E-state index is 0.0375. The van der Waals surface area contributed by atoms with Crippen molar-refractivity contribution in [3.63, 3.8) is 0 Å². The Morgan fingerprint density at radius 2 is 1.65 bits per heavy atom. The number of carbonyl (C=O) groups is 2. The summed E-state index contributed by atoms with van der Waals surface area (Å²) in [5, 5.41) is 0. The summed E-state index contributed by atoms with van der Waals surface area (Å²) in [6, 6.07) is 19.5. The monoisotopic (exact) mass is 350 g/mol. The molecule has 2 saturated heterocycles. The van der Waals surface area contributed by atoms with E-state index in [-0.39, 0.29) is 18.6 Å². The second-order valence-electron chi connectivity index (χ2n) is 6.97. The molecule has 2 heterocycles. The predicted octanol–water partition coefficient (Wildman–Crippen LogP) is 3.20. The van der Waals surface area contributed by atoms with Crippen molar-refractivity contribution in [3.8, 4) is 0 Å². The third-order valence-corrected chi connectivity index (χ3v) is 5.27. The smallest absolute Gasteiger partial charge is 0.411 e. The molecule has 2 aromatic rings. The van der Waals surface area contributed by atoms with Gasteiger partial charge in [0.15, 0.2) is 0 Å². The number of carbonyl (C=O) groups excluding carboxylic acids is 2. The molecule has 26 heavy (non-hydrogen) atoms. The summed E-state index contributed by atoms with van der Waals surface area (Å²) in [5.74, 6) is 0.0375. The second-order valence-corrected chi connectivity index (χ2v) is 6.97. The van der Waals surface area contributed by atoms with Crippen LogP contribution < -0.4 is 0 Å². The van der Waals surface area contributed by atoms with Crippen molar-refractivity contribution in [1.82, 2.24) is 9.80 Å². The van der Waals surface area contributed by atoms with E-state index >= 15 is 0 Å². The lowest BCUT2D eigenvalue weighted by atomic mass is 9.85. The van der Waals surface area contributed by atoms with Crippen LogP contribution in [0.1, 0.15) is 24.0 Å². The Kier molecular flexibility index (Phi) is 4.37. The van der Waals surface area contributed by atoms with Gasteiger partial charge in [-0.05, 0) is 24.0 Å². The van der Waals surface area contributed by atoms with E-state index in [1.54, 1.807) is 4.90 Å². The Labute approximate surface area is 153 Å². The van der Waals surface area contributed by atoms with Crippen LogP contribution in [-0.4, -0.2) is 40.4 Å². The van der Waals surface area contributed by atoms with Gasteiger partial charge in [-0.25, -0.2) is 4.79 Å². The number of β-lactam (4-membered cyclic amide) rings is 1. The molecule has 2 aliphatic rings. The minimum atomic E-state index is -0.692. The first kappa shape index (κ1) is 16.6. The summed E-state index contributed by atoms with van der Waals surface area (Å²) in [6.45, 7) is 1.99. The molecule has 1 atom stereocenters. The lowest BCUT2D eigenvalue weighted by molar-refractivity contribution is -0.160. The maximum atomic E-state index is 12.9. The number of ether oxygens (including phenoxy) is 1. The van der Waals surface area contributed by atoms with Crippen LogP contribution in [0.15, 0.2) is 60.7 Å². The first-order chi connectivity index (χ1) is 12.7. The molecule has 2 aliphatic heterocycles. The minimum Gasteiger partial charge on any atom is -0.445 e. The van der Waals surface area contributed by atoms with E-state index in [0.717, 1.165) is 24.0 Å². The Morgan fingerprint density at radius 1 is 1.00 bits per heavy atom. The first-order valence-corrected chi connectivity index (χ1v) is 9.01. The zero-order valence-corrected chi connectivity index (χ0v) is 14.6. The molecule has 0 N–H and O–H groups in total. The molecule has 1 unspecified atom stereocenters. The van der Waals surface area contributed by atoms with Crippen molar-refractivity contribution in [3.05, 3.63) is 71.8 Å². The van der Waals surface area contributed by atoms with Gasteiger partial charge in [-0.1, -0.05) is 60.7 Å². The van der Waals surface area contributed by atoms with Gasteiger partial charge in [0.1, 0.15) is 12.1 Å². The predicted molar refractivity (Wildman–Crippen MR) is 97.2 cm³/mol. The molecule has 0 radical (unpaired) electrons. The summed E-state index contributed by atoms with van der Waals surface area (Å²) in [7, 11) is 0. The van der Waals surface area contributed by atoms with Crippen molar-refractivity contribution >= 4 is 12.0 Å². The van der Waals surface area contributed by atoms with E-state index in [1.165, 1.54) is 0 Å². The molecule has 0 bridgehead atoms. The number of likely N-dealkylation sites (tertiary alicyclic amines) is 2.